The number of nitrogens with zero attached hydrogens (tertiary/aromatic N) is 2. The zero-order valence-corrected chi connectivity index (χ0v) is 23.3. The van der Waals surface area contributed by atoms with E-state index in [0.29, 0.717) is 12.0 Å². The highest BCUT2D eigenvalue weighted by Crippen LogP contribution is 2.61. The topological polar surface area (TPSA) is 35.6 Å². The van der Waals surface area contributed by atoms with Crippen LogP contribution in [0.3, 0.4) is 0 Å². The molecule has 2 aromatic carbocycles. The van der Waals surface area contributed by atoms with Crippen LogP contribution < -0.4 is 5.32 Å². The Bertz CT molecular complexity index is 1140. The van der Waals surface area contributed by atoms with Crippen LogP contribution in [-0.4, -0.2) is 48.1 Å². The maximum Gasteiger partial charge on any atom is 0.322 e. The lowest BCUT2D eigenvalue weighted by molar-refractivity contribution is -0.00485. The van der Waals surface area contributed by atoms with Crippen molar-refractivity contribution in [1.82, 2.24) is 9.80 Å². The minimum atomic E-state index is -0.157. The van der Waals surface area contributed by atoms with Gasteiger partial charge in [0.2, 0.25) is 0 Å². The quantitative estimate of drug-likeness (QED) is 0.428. The Balaban J connectivity index is 0.969. The van der Waals surface area contributed by atoms with Crippen LogP contribution in [0.25, 0.3) is 0 Å². The van der Waals surface area contributed by atoms with Gasteiger partial charge in [0.25, 0.3) is 0 Å². The molecule has 4 saturated carbocycles. The average molecular weight is 530 g/mol. The molecule has 1 unspecified atom stereocenters. The number of nitrogens with one attached hydrogen (secondary N) is 1. The Morgan fingerprint density at radius 1 is 0.872 bits per heavy atom. The summed E-state index contributed by atoms with van der Waals surface area (Å²) in [6.07, 6.45) is 13.8. The minimum Gasteiger partial charge on any atom is -0.320 e. The van der Waals surface area contributed by atoms with Crippen LogP contribution in [0.5, 0.6) is 0 Å². The molecule has 208 valence electrons. The number of rotatable bonds is 6. The third kappa shape index (κ3) is 5.24. The van der Waals surface area contributed by atoms with Gasteiger partial charge in [-0.1, -0.05) is 30.3 Å². The Morgan fingerprint density at radius 2 is 1.54 bits per heavy atom. The molecule has 4 nitrogen and oxygen atoms in total. The van der Waals surface area contributed by atoms with Gasteiger partial charge in [-0.15, -0.1) is 0 Å². The van der Waals surface area contributed by atoms with Gasteiger partial charge in [0, 0.05) is 24.8 Å². The van der Waals surface area contributed by atoms with Crippen LogP contribution in [-0.2, 0) is 11.8 Å². The third-order valence-electron chi connectivity index (χ3n) is 11.0. The second-order valence-electron chi connectivity index (χ2n) is 13.7. The first kappa shape index (κ1) is 25.6. The van der Waals surface area contributed by atoms with E-state index in [2.05, 4.69) is 39.4 Å². The molecule has 0 radical (unpaired) electrons. The Morgan fingerprint density at radius 3 is 2.23 bits per heavy atom. The molecule has 0 aromatic heterocycles. The van der Waals surface area contributed by atoms with Gasteiger partial charge in [0.1, 0.15) is 5.82 Å². The number of hydrogen-bond acceptors (Lipinski definition) is 2. The fourth-order valence-electron chi connectivity index (χ4n) is 9.60. The van der Waals surface area contributed by atoms with E-state index in [-0.39, 0.29) is 17.3 Å². The lowest BCUT2D eigenvalue weighted by Gasteiger charge is -2.57. The Kier molecular flexibility index (Phi) is 6.91. The summed E-state index contributed by atoms with van der Waals surface area (Å²) in [5, 5.41) is 3.42. The van der Waals surface area contributed by atoms with Crippen molar-refractivity contribution in [2.45, 2.75) is 82.1 Å². The molecular weight excluding hydrogens is 485 g/mol. The molecule has 1 atom stereocenters. The summed E-state index contributed by atoms with van der Waals surface area (Å²) in [7, 11) is 0. The molecule has 5 heteroatoms. The van der Waals surface area contributed by atoms with Gasteiger partial charge in [-0.05, 0) is 142 Å². The SMILES string of the molecule is O=C(Nc1ccccc1C12CC3CC(CC(C3)C1)C2)N1CCCC1CN1CCC(Cc2ccc(F)cc2)CC1. The lowest BCUT2D eigenvalue weighted by atomic mass is 9.48. The molecule has 2 saturated heterocycles. The molecule has 0 spiro atoms. The highest BCUT2D eigenvalue weighted by molar-refractivity contribution is 5.91. The van der Waals surface area contributed by atoms with Crippen LogP contribution in [0.1, 0.15) is 75.3 Å². The van der Waals surface area contributed by atoms with Gasteiger partial charge < -0.3 is 15.1 Å². The number of piperidine rings is 1. The van der Waals surface area contributed by atoms with Crippen molar-refractivity contribution < 1.29 is 9.18 Å². The summed E-state index contributed by atoms with van der Waals surface area (Å²) < 4.78 is 13.3. The standard InChI is InChI=1S/C34H44FN3O/c35-29-9-7-24(8-10-29)16-25-11-14-37(15-12-25)23-30-4-3-13-38(30)33(39)36-32-6-2-1-5-31(32)34-20-26-17-27(21-34)19-28(18-26)22-34/h1-2,5-10,25-28,30H,3-4,11-23H2,(H,36,39). The molecular formula is C34H44FN3O. The number of hydrogen-bond donors (Lipinski definition) is 1. The second-order valence-corrected chi connectivity index (χ2v) is 13.7. The first-order valence-corrected chi connectivity index (χ1v) is 15.7. The lowest BCUT2D eigenvalue weighted by Crippen LogP contribution is -2.49. The molecule has 6 aliphatic rings. The maximum atomic E-state index is 13.7. The van der Waals surface area contributed by atoms with E-state index in [0.717, 1.165) is 68.9 Å². The molecule has 2 heterocycles. The van der Waals surface area contributed by atoms with E-state index >= 15 is 0 Å². The van der Waals surface area contributed by atoms with Crippen molar-refractivity contribution in [3.63, 3.8) is 0 Å². The zero-order chi connectivity index (χ0) is 26.4. The van der Waals surface area contributed by atoms with E-state index in [1.54, 1.807) is 12.1 Å². The highest BCUT2D eigenvalue weighted by Gasteiger charge is 2.52. The number of amides is 2. The van der Waals surface area contributed by atoms with Crippen molar-refractivity contribution in [3.8, 4) is 0 Å². The Hall–Kier alpha value is -2.40. The zero-order valence-electron chi connectivity index (χ0n) is 23.3. The van der Waals surface area contributed by atoms with Gasteiger partial charge in [-0.2, -0.15) is 0 Å². The average Bonchev–Trinajstić information content (AvgIpc) is 3.39. The van der Waals surface area contributed by atoms with Gasteiger partial charge >= 0.3 is 6.03 Å². The molecule has 2 aliphatic heterocycles. The largest absolute Gasteiger partial charge is 0.322 e. The molecule has 2 amide bonds. The maximum absolute atomic E-state index is 13.7. The number of urea groups is 1. The van der Waals surface area contributed by atoms with Crippen molar-refractivity contribution in [2.75, 3.05) is 31.5 Å². The van der Waals surface area contributed by atoms with Gasteiger partial charge in [-0.25, -0.2) is 9.18 Å². The summed E-state index contributed by atoms with van der Waals surface area (Å²) in [5.74, 6) is 3.18. The predicted octanol–water partition coefficient (Wildman–Crippen LogP) is 7.24. The number of carbonyl (C=O) groups excluding carboxylic acids is 1. The molecule has 2 aromatic rings. The second kappa shape index (κ2) is 10.5. The van der Waals surface area contributed by atoms with Crippen LogP contribution in [0, 0.1) is 29.5 Å². The number of para-hydroxylation sites is 1. The minimum absolute atomic E-state index is 0.0980. The summed E-state index contributed by atoms with van der Waals surface area (Å²) >= 11 is 0. The third-order valence-corrected chi connectivity index (χ3v) is 11.0. The van der Waals surface area contributed by atoms with E-state index in [1.807, 2.05) is 12.1 Å². The molecule has 4 aliphatic carbocycles. The molecule has 1 N–H and O–H groups in total. The summed E-state index contributed by atoms with van der Waals surface area (Å²) in [6, 6.07) is 16.2. The fourth-order valence-corrected chi connectivity index (χ4v) is 9.60. The van der Waals surface area contributed by atoms with Crippen LogP contribution in [0.15, 0.2) is 48.5 Å². The van der Waals surface area contributed by atoms with E-state index in [9.17, 15) is 9.18 Å². The number of anilines is 1. The van der Waals surface area contributed by atoms with E-state index in [4.69, 9.17) is 0 Å². The number of likely N-dealkylation sites (tertiary alicyclic amines) is 2. The Labute approximate surface area is 233 Å². The van der Waals surface area contributed by atoms with Crippen molar-refractivity contribution >= 4 is 11.7 Å². The van der Waals surface area contributed by atoms with Crippen LogP contribution in [0.2, 0.25) is 0 Å². The van der Waals surface area contributed by atoms with Crippen molar-refractivity contribution in [2.24, 2.45) is 23.7 Å². The van der Waals surface area contributed by atoms with E-state index < -0.39 is 0 Å². The number of benzene rings is 2. The first-order valence-electron chi connectivity index (χ1n) is 15.7. The fraction of sp³-hybridized carbons (Fsp3) is 0.618. The van der Waals surface area contributed by atoms with Crippen molar-refractivity contribution in [3.05, 3.63) is 65.5 Å². The highest BCUT2D eigenvalue weighted by atomic mass is 19.1. The van der Waals surface area contributed by atoms with Crippen molar-refractivity contribution in [1.29, 1.82) is 0 Å². The molecule has 4 bridgehead atoms. The first-order chi connectivity index (χ1) is 19.0. The molecule has 39 heavy (non-hydrogen) atoms. The van der Waals surface area contributed by atoms with E-state index in [1.165, 1.54) is 62.5 Å². The summed E-state index contributed by atoms with van der Waals surface area (Å²) in [6.45, 7) is 4.02. The monoisotopic (exact) mass is 529 g/mol. The normalized spacial score (nSPS) is 32.6. The molecule has 6 fully saturated rings. The van der Waals surface area contributed by atoms with Gasteiger partial charge in [0.05, 0.1) is 0 Å². The summed E-state index contributed by atoms with van der Waals surface area (Å²) in [5.41, 5.74) is 4.00. The summed E-state index contributed by atoms with van der Waals surface area (Å²) in [4.78, 5) is 18.4. The van der Waals surface area contributed by atoms with Crippen LogP contribution in [0.4, 0.5) is 14.9 Å². The molecule has 8 rings (SSSR count). The predicted molar refractivity (Wildman–Crippen MR) is 154 cm³/mol. The van der Waals surface area contributed by atoms with Crippen LogP contribution >= 0.6 is 0 Å². The smallest absolute Gasteiger partial charge is 0.320 e. The van der Waals surface area contributed by atoms with Gasteiger partial charge in [-0.3, -0.25) is 0 Å². The van der Waals surface area contributed by atoms with Gasteiger partial charge in [0.15, 0.2) is 0 Å². The number of carbonyl (C=O) groups is 1. The number of halogens is 1.